The van der Waals surface area contributed by atoms with E-state index in [0.29, 0.717) is 33.6 Å². The average molecular weight is 407 g/mol. The van der Waals surface area contributed by atoms with Gasteiger partial charge in [-0.15, -0.1) is 0 Å². The number of hydrogen-bond acceptors (Lipinski definition) is 6. The molecule has 0 spiro atoms. The van der Waals surface area contributed by atoms with Gasteiger partial charge >= 0.3 is 0 Å². The van der Waals surface area contributed by atoms with Gasteiger partial charge in [-0.1, -0.05) is 11.6 Å². The summed E-state index contributed by atoms with van der Waals surface area (Å²) in [6.07, 6.45) is 0.711. The lowest BCUT2D eigenvalue weighted by Crippen LogP contribution is -2.33. The van der Waals surface area contributed by atoms with E-state index in [1.807, 2.05) is 6.92 Å². The lowest BCUT2D eigenvalue weighted by Gasteiger charge is -2.14. The highest BCUT2D eigenvalue weighted by Gasteiger charge is 2.16. The van der Waals surface area contributed by atoms with Crippen LogP contribution >= 0.6 is 11.6 Å². The highest BCUT2D eigenvalue weighted by molar-refractivity contribution is 6.31. The fraction of sp³-hybridized carbons (Fsp3) is 0.300. The third-order valence-corrected chi connectivity index (χ3v) is 4.35. The number of amides is 1. The quantitative estimate of drug-likeness (QED) is 0.535. The van der Waals surface area contributed by atoms with E-state index in [9.17, 15) is 4.79 Å². The van der Waals surface area contributed by atoms with Crippen LogP contribution in [0.25, 0.3) is 0 Å². The van der Waals surface area contributed by atoms with Crippen LogP contribution in [-0.2, 0) is 4.79 Å². The first-order valence-electron chi connectivity index (χ1n) is 8.46. The molecule has 0 saturated carbocycles. The molecule has 2 rings (SSSR count). The number of halogens is 1. The minimum absolute atomic E-state index is 0.400. The van der Waals surface area contributed by atoms with Crippen molar-refractivity contribution in [3.8, 4) is 23.0 Å². The fourth-order valence-corrected chi connectivity index (χ4v) is 2.55. The van der Waals surface area contributed by atoms with E-state index < -0.39 is 12.0 Å². The Bertz CT molecular complexity index is 870. The van der Waals surface area contributed by atoms with Gasteiger partial charge in [0.15, 0.2) is 17.6 Å². The Labute approximate surface area is 169 Å². The second kappa shape index (κ2) is 9.85. The number of rotatable bonds is 8. The third kappa shape index (κ3) is 5.07. The second-order valence-electron chi connectivity index (χ2n) is 5.83. The number of carbonyl (C=O) groups excluding carboxylic acids is 1. The Morgan fingerprint density at radius 1 is 1.11 bits per heavy atom. The van der Waals surface area contributed by atoms with Crippen molar-refractivity contribution in [3.05, 3.63) is 46.5 Å². The molecule has 0 heterocycles. The molecular formula is C20H23ClN2O5. The molecule has 150 valence electrons. The number of hydrazone groups is 1. The number of hydrogen-bond donors (Lipinski definition) is 1. The maximum atomic E-state index is 12.2. The van der Waals surface area contributed by atoms with Gasteiger partial charge in [-0.05, 0) is 49.7 Å². The monoisotopic (exact) mass is 406 g/mol. The van der Waals surface area contributed by atoms with Crippen LogP contribution < -0.4 is 24.4 Å². The molecule has 2 aromatic carbocycles. The number of nitrogens with zero attached hydrogens (tertiary/aromatic N) is 1. The number of nitrogens with one attached hydrogen (secondary N) is 1. The average Bonchev–Trinajstić information content (AvgIpc) is 2.69. The summed E-state index contributed by atoms with van der Waals surface area (Å²) in [6.45, 7) is 3.49. The van der Waals surface area contributed by atoms with Gasteiger partial charge in [0.25, 0.3) is 5.91 Å². The summed E-state index contributed by atoms with van der Waals surface area (Å²) in [5, 5.41) is 4.61. The molecule has 0 bridgehead atoms. The number of aryl methyl sites for hydroxylation is 1. The standard InChI is InChI=1S/C20H23ClN2O5/c1-12-10-15(7-8-16(12)21)28-13(2)20(24)23-22-11-14-6-9-17(25-3)19(27-5)18(14)26-4/h6-11,13H,1-5H3,(H,23,24)/b22-11-/t13-/m1/s1. The van der Waals surface area contributed by atoms with Crippen molar-refractivity contribution in [2.24, 2.45) is 5.10 Å². The number of ether oxygens (including phenoxy) is 4. The SMILES string of the molecule is COc1ccc(/C=N\NC(=O)[C@@H](C)Oc2ccc(Cl)c(C)c2)c(OC)c1OC. The molecule has 0 saturated heterocycles. The zero-order valence-electron chi connectivity index (χ0n) is 16.4. The van der Waals surface area contributed by atoms with Crippen molar-refractivity contribution >= 4 is 23.7 Å². The van der Waals surface area contributed by atoms with Crippen molar-refractivity contribution < 1.29 is 23.7 Å². The third-order valence-electron chi connectivity index (χ3n) is 3.92. The molecule has 0 aromatic heterocycles. The first kappa shape index (κ1) is 21.4. The second-order valence-corrected chi connectivity index (χ2v) is 6.24. The highest BCUT2D eigenvalue weighted by Crippen LogP contribution is 2.38. The molecule has 8 heteroatoms. The van der Waals surface area contributed by atoms with E-state index in [2.05, 4.69) is 10.5 Å². The molecule has 28 heavy (non-hydrogen) atoms. The predicted molar refractivity (Wildman–Crippen MR) is 108 cm³/mol. The van der Waals surface area contributed by atoms with Crippen LogP contribution in [0.2, 0.25) is 5.02 Å². The lowest BCUT2D eigenvalue weighted by molar-refractivity contribution is -0.127. The summed E-state index contributed by atoms with van der Waals surface area (Å²) in [5.41, 5.74) is 3.93. The normalized spacial score (nSPS) is 11.8. The van der Waals surface area contributed by atoms with Gasteiger partial charge in [-0.25, -0.2) is 5.43 Å². The fourth-order valence-electron chi connectivity index (χ4n) is 2.43. The van der Waals surface area contributed by atoms with Crippen molar-refractivity contribution in [3.63, 3.8) is 0 Å². The van der Waals surface area contributed by atoms with Crippen LogP contribution in [0.1, 0.15) is 18.1 Å². The highest BCUT2D eigenvalue weighted by atomic mass is 35.5. The van der Waals surface area contributed by atoms with E-state index in [1.54, 1.807) is 37.3 Å². The molecule has 0 aliphatic carbocycles. The Morgan fingerprint density at radius 2 is 1.82 bits per heavy atom. The molecule has 7 nitrogen and oxygen atoms in total. The molecule has 2 aromatic rings. The van der Waals surface area contributed by atoms with Crippen LogP contribution in [0.3, 0.4) is 0 Å². The Morgan fingerprint density at radius 3 is 2.43 bits per heavy atom. The van der Waals surface area contributed by atoms with Gasteiger partial charge in [0.05, 0.1) is 27.5 Å². The maximum Gasteiger partial charge on any atom is 0.280 e. The van der Waals surface area contributed by atoms with Crippen LogP contribution in [0.15, 0.2) is 35.4 Å². The first-order chi connectivity index (χ1) is 13.4. The molecule has 1 N–H and O–H groups in total. The van der Waals surface area contributed by atoms with E-state index in [0.717, 1.165) is 5.56 Å². The summed E-state index contributed by atoms with van der Waals surface area (Å²) in [7, 11) is 4.56. The molecule has 1 amide bonds. The van der Waals surface area contributed by atoms with Crippen molar-refractivity contribution in [1.82, 2.24) is 5.43 Å². The number of methoxy groups -OCH3 is 3. The molecule has 0 aliphatic rings. The summed E-state index contributed by atoms with van der Waals surface area (Å²) in [6, 6.07) is 8.66. The summed E-state index contributed by atoms with van der Waals surface area (Å²) in [4.78, 5) is 12.2. The Hall–Kier alpha value is -2.93. The van der Waals surface area contributed by atoms with E-state index in [-0.39, 0.29) is 0 Å². The number of benzene rings is 2. The lowest BCUT2D eigenvalue weighted by atomic mass is 10.2. The smallest absolute Gasteiger partial charge is 0.280 e. The van der Waals surface area contributed by atoms with E-state index >= 15 is 0 Å². The molecule has 0 unspecified atom stereocenters. The van der Waals surface area contributed by atoms with Crippen LogP contribution in [-0.4, -0.2) is 39.6 Å². The molecular weight excluding hydrogens is 384 g/mol. The van der Waals surface area contributed by atoms with Gasteiger partial charge in [-0.2, -0.15) is 5.10 Å². The topological polar surface area (TPSA) is 78.4 Å². The van der Waals surface area contributed by atoms with Crippen molar-refractivity contribution in [2.45, 2.75) is 20.0 Å². The van der Waals surface area contributed by atoms with Gasteiger partial charge in [-0.3, -0.25) is 4.79 Å². The minimum atomic E-state index is -0.745. The van der Waals surface area contributed by atoms with Crippen LogP contribution in [0.4, 0.5) is 0 Å². The zero-order chi connectivity index (χ0) is 20.7. The van der Waals surface area contributed by atoms with Crippen molar-refractivity contribution in [1.29, 1.82) is 0 Å². The summed E-state index contributed by atoms with van der Waals surface area (Å²) in [5.74, 6) is 1.56. The molecule has 1 atom stereocenters. The van der Waals surface area contributed by atoms with E-state index in [1.165, 1.54) is 27.5 Å². The molecule has 0 aliphatic heterocycles. The molecule has 0 radical (unpaired) electrons. The van der Waals surface area contributed by atoms with Gasteiger partial charge in [0.1, 0.15) is 5.75 Å². The zero-order valence-corrected chi connectivity index (χ0v) is 17.2. The summed E-state index contributed by atoms with van der Waals surface area (Å²) >= 11 is 5.99. The number of carbonyl (C=O) groups is 1. The Balaban J connectivity index is 2.05. The van der Waals surface area contributed by atoms with Gasteiger partial charge in [0, 0.05) is 10.6 Å². The van der Waals surface area contributed by atoms with Gasteiger partial charge in [0.2, 0.25) is 5.75 Å². The van der Waals surface area contributed by atoms with Gasteiger partial charge < -0.3 is 18.9 Å². The first-order valence-corrected chi connectivity index (χ1v) is 8.83. The van der Waals surface area contributed by atoms with Crippen LogP contribution in [0, 0.1) is 6.92 Å². The Kier molecular flexibility index (Phi) is 7.52. The minimum Gasteiger partial charge on any atom is -0.493 e. The summed E-state index contributed by atoms with van der Waals surface area (Å²) < 4.78 is 21.5. The molecule has 0 fully saturated rings. The van der Waals surface area contributed by atoms with E-state index in [4.69, 9.17) is 30.5 Å². The predicted octanol–water partition coefficient (Wildman–Crippen LogP) is 3.59. The van der Waals surface area contributed by atoms with Crippen LogP contribution in [0.5, 0.6) is 23.0 Å². The largest absolute Gasteiger partial charge is 0.493 e. The maximum absolute atomic E-state index is 12.2. The van der Waals surface area contributed by atoms with Crippen molar-refractivity contribution in [2.75, 3.05) is 21.3 Å².